The lowest BCUT2D eigenvalue weighted by atomic mass is 10.0. The summed E-state index contributed by atoms with van der Waals surface area (Å²) in [5.41, 5.74) is 0.109. The van der Waals surface area contributed by atoms with Crippen molar-refractivity contribution >= 4 is 34.0 Å². The van der Waals surface area contributed by atoms with Crippen molar-refractivity contribution in [3.05, 3.63) is 65.1 Å². The molecule has 0 saturated heterocycles. The van der Waals surface area contributed by atoms with Crippen LogP contribution in [0.2, 0.25) is 0 Å². The van der Waals surface area contributed by atoms with Crippen LogP contribution in [0.5, 0.6) is 0 Å². The van der Waals surface area contributed by atoms with E-state index in [9.17, 15) is 22.8 Å². The van der Waals surface area contributed by atoms with Crippen LogP contribution in [0.25, 0.3) is 0 Å². The molecule has 0 bridgehead atoms. The van der Waals surface area contributed by atoms with Crippen molar-refractivity contribution in [3.63, 3.8) is 0 Å². The molecule has 2 heterocycles. The van der Waals surface area contributed by atoms with Crippen molar-refractivity contribution in [2.75, 3.05) is 10.6 Å². The molecule has 1 aromatic carbocycles. The largest absolute Gasteiger partial charge is 0.417 e. The van der Waals surface area contributed by atoms with E-state index in [0.29, 0.717) is 23.9 Å². The Kier molecular flexibility index (Phi) is 6.11. The van der Waals surface area contributed by atoms with Crippen LogP contribution in [-0.4, -0.2) is 26.4 Å². The van der Waals surface area contributed by atoms with Gasteiger partial charge < -0.3 is 10.6 Å². The second kappa shape index (κ2) is 8.57. The molecule has 30 heavy (non-hydrogen) atoms. The lowest BCUT2D eigenvalue weighted by molar-refractivity contribution is -0.137. The maximum absolute atomic E-state index is 12.8. The Bertz CT molecular complexity index is 1060. The minimum absolute atomic E-state index is 0.00807. The Hall–Kier alpha value is -3.34. The van der Waals surface area contributed by atoms with Gasteiger partial charge in [-0.25, -0.2) is 0 Å². The first kappa shape index (κ1) is 21.4. The first-order valence-electron chi connectivity index (χ1n) is 8.72. The van der Waals surface area contributed by atoms with Crippen LogP contribution in [0.3, 0.4) is 0 Å². The van der Waals surface area contributed by atoms with E-state index in [1.165, 1.54) is 0 Å². The Morgan fingerprint density at radius 1 is 1.03 bits per heavy atom. The third-order valence-electron chi connectivity index (χ3n) is 4.09. The molecule has 11 heteroatoms. The fraction of sp³-hybridized carbons (Fsp3) is 0.211. The Morgan fingerprint density at radius 3 is 2.37 bits per heavy atom. The third kappa shape index (κ3) is 4.98. The number of carbonyl (C=O) groups excluding carboxylic acids is 2. The first-order chi connectivity index (χ1) is 14.1. The minimum Gasteiger partial charge on any atom is -0.321 e. The molecule has 0 fully saturated rings. The zero-order chi connectivity index (χ0) is 21.9. The Balaban J connectivity index is 1.73. The molecule has 7 nitrogen and oxygen atoms in total. The number of benzene rings is 1. The van der Waals surface area contributed by atoms with Crippen LogP contribution < -0.4 is 10.6 Å². The lowest BCUT2D eigenvalue weighted by Gasteiger charge is -2.09. The molecule has 2 amide bonds. The molecule has 156 valence electrons. The van der Waals surface area contributed by atoms with Crippen molar-refractivity contribution in [2.24, 2.45) is 0 Å². The van der Waals surface area contributed by atoms with Crippen LogP contribution >= 0.6 is 11.5 Å². The van der Waals surface area contributed by atoms with Crippen molar-refractivity contribution < 1.29 is 22.8 Å². The lowest BCUT2D eigenvalue weighted by Crippen LogP contribution is -2.18. The second-order valence-corrected chi connectivity index (χ2v) is 7.35. The number of pyridine rings is 1. The molecule has 2 N–H and O–H groups in total. The number of nitrogens with one attached hydrogen (secondary N) is 2. The normalized spacial score (nSPS) is 11.4. The van der Waals surface area contributed by atoms with E-state index in [-0.39, 0.29) is 16.3 Å². The SMILES string of the molecule is CC(C)c1ccc(NC(=O)c2nnsc2NC(=O)c2cncc(C(F)(F)F)c2)cc1. The van der Waals surface area contributed by atoms with E-state index in [1.807, 2.05) is 26.0 Å². The summed E-state index contributed by atoms with van der Waals surface area (Å²) in [7, 11) is 0. The quantitative estimate of drug-likeness (QED) is 0.612. The molecular weight excluding hydrogens is 419 g/mol. The van der Waals surface area contributed by atoms with E-state index in [4.69, 9.17) is 0 Å². The van der Waals surface area contributed by atoms with E-state index in [1.54, 1.807) is 12.1 Å². The molecular formula is C19H16F3N5O2S. The standard InChI is InChI=1S/C19H16F3N5O2S/c1-10(2)11-3-5-14(6-4-11)24-17(29)15-18(30-27-26-15)25-16(28)12-7-13(9-23-8-12)19(20,21)22/h3-10H,1-2H3,(H,24,29)(H,25,28). The molecule has 0 atom stereocenters. The molecule has 3 aromatic rings. The van der Waals surface area contributed by atoms with Gasteiger partial charge in [-0.05, 0) is 29.7 Å². The maximum atomic E-state index is 12.8. The summed E-state index contributed by atoms with van der Waals surface area (Å²) < 4.78 is 42.1. The van der Waals surface area contributed by atoms with Crippen molar-refractivity contribution in [1.29, 1.82) is 0 Å². The van der Waals surface area contributed by atoms with E-state index >= 15 is 0 Å². The van der Waals surface area contributed by atoms with Gasteiger partial charge in [0.25, 0.3) is 11.8 Å². The summed E-state index contributed by atoms with van der Waals surface area (Å²) in [4.78, 5) is 28.3. The number of hydrogen-bond donors (Lipinski definition) is 2. The average Bonchev–Trinajstić information content (AvgIpc) is 3.16. The minimum atomic E-state index is -4.63. The van der Waals surface area contributed by atoms with Gasteiger partial charge >= 0.3 is 6.18 Å². The van der Waals surface area contributed by atoms with E-state index in [2.05, 4.69) is 25.2 Å². The molecule has 0 unspecified atom stereocenters. The molecule has 0 aliphatic rings. The second-order valence-electron chi connectivity index (χ2n) is 6.60. The van der Waals surface area contributed by atoms with Crippen molar-refractivity contribution in [3.8, 4) is 0 Å². The Morgan fingerprint density at radius 2 is 1.73 bits per heavy atom. The number of halogens is 3. The zero-order valence-corrected chi connectivity index (χ0v) is 16.6. The number of anilines is 2. The summed E-state index contributed by atoms with van der Waals surface area (Å²) in [6.07, 6.45) is -3.02. The van der Waals surface area contributed by atoms with Gasteiger partial charge in [-0.15, -0.1) is 5.10 Å². The molecule has 0 spiro atoms. The zero-order valence-electron chi connectivity index (χ0n) is 15.8. The van der Waals surface area contributed by atoms with Crippen LogP contribution in [0.1, 0.15) is 51.7 Å². The highest BCUT2D eigenvalue weighted by molar-refractivity contribution is 7.10. The van der Waals surface area contributed by atoms with Gasteiger partial charge in [-0.3, -0.25) is 14.6 Å². The molecule has 2 aromatic heterocycles. The predicted octanol–water partition coefficient (Wildman–Crippen LogP) is 4.58. The molecule has 0 saturated carbocycles. The smallest absolute Gasteiger partial charge is 0.321 e. The highest BCUT2D eigenvalue weighted by atomic mass is 32.1. The monoisotopic (exact) mass is 435 g/mol. The predicted molar refractivity (Wildman–Crippen MR) is 106 cm³/mol. The highest BCUT2D eigenvalue weighted by Gasteiger charge is 2.31. The fourth-order valence-electron chi connectivity index (χ4n) is 2.46. The Labute approximate surface area is 173 Å². The number of rotatable bonds is 5. The summed E-state index contributed by atoms with van der Waals surface area (Å²) in [6, 6.07) is 7.90. The topological polar surface area (TPSA) is 96.9 Å². The van der Waals surface area contributed by atoms with Gasteiger partial charge in [0.15, 0.2) is 5.69 Å². The average molecular weight is 435 g/mol. The number of alkyl halides is 3. The summed E-state index contributed by atoms with van der Waals surface area (Å²) >= 11 is 0.731. The summed E-state index contributed by atoms with van der Waals surface area (Å²) in [6.45, 7) is 4.09. The van der Waals surface area contributed by atoms with Crippen LogP contribution in [-0.2, 0) is 6.18 Å². The molecule has 0 aliphatic heterocycles. The van der Waals surface area contributed by atoms with E-state index in [0.717, 1.165) is 23.3 Å². The van der Waals surface area contributed by atoms with Crippen LogP contribution in [0.4, 0.5) is 23.9 Å². The van der Waals surface area contributed by atoms with Gasteiger partial charge in [0.05, 0.1) is 11.1 Å². The number of carbonyl (C=O) groups is 2. The molecule has 0 radical (unpaired) electrons. The molecule has 0 aliphatic carbocycles. The maximum Gasteiger partial charge on any atom is 0.417 e. The van der Waals surface area contributed by atoms with Crippen molar-refractivity contribution in [1.82, 2.24) is 14.6 Å². The summed E-state index contributed by atoms with van der Waals surface area (Å²) in [5, 5.41) is 8.72. The fourth-order valence-corrected chi connectivity index (χ4v) is 3.02. The van der Waals surface area contributed by atoms with Gasteiger partial charge in [0, 0.05) is 29.6 Å². The highest BCUT2D eigenvalue weighted by Crippen LogP contribution is 2.29. The van der Waals surface area contributed by atoms with Gasteiger partial charge in [-0.2, -0.15) is 13.2 Å². The van der Waals surface area contributed by atoms with Gasteiger partial charge in [-0.1, -0.05) is 30.5 Å². The number of nitrogens with zero attached hydrogens (tertiary/aromatic N) is 3. The van der Waals surface area contributed by atoms with Crippen LogP contribution in [0.15, 0.2) is 42.7 Å². The van der Waals surface area contributed by atoms with E-state index < -0.39 is 23.6 Å². The molecule has 3 rings (SSSR count). The number of amides is 2. The summed E-state index contributed by atoms with van der Waals surface area (Å²) in [5.74, 6) is -1.14. The number of aromatic nitrogens is 3. The third-order valence-corrected chi connectivity index (χ3v) is 4.73. The van der Waals surface area contributed by atoms with Crippen LogP contribution in [0, 0.1) is 0 Å². The first-order valence-corrected chi connectivity index (χ1v) is 9.49. The number of hydrogen-bond acceptors (Lipinski definition) is 6. The van der Waals surface area contributed by atoms with Gasteiger partial charge in [0.2, 0.25) is 0 Å². The van der Waals surface area contributed by atoms with Crippen molar-refractivity contribution in [2.45, 2.75) is 25.9 Å². The van der Waals surface area contributed by atoms with Gasteiger partial charge in [0.1, 0.15) is 5.00 Å².